The third-order valence-electron chi connectivity index (χ3n) is 5.51. The van der Waals surface area contributed by atoms with Crippen molar-refractivity contribution in [2.24, 2.45) is 0 Å². The maximum atomic E-state index is 13.3. The molecule has 0 radical (unpaired) electrons. The standard InChI is InChI=1S/C22H25N7O2S/c1-15-11-27(12-16(2)31-15)21(30)20-19(28-7-8-32-22(28)26-20)10-23-9-17-3-5-18(6-4-17)29-14-24-13-25-29/h3-8,13-16,23H,9-12H2,1-2H3/t15-,16+. The van der Waals surface area contributed by atoms with Gasteiger partial charge in [-0.05, 0) is 31.5 Å². The van der Waals surface area contributed by atoms with Crippen LogP contribution in [0.1, 0.15) is 35.6 Å². The largest absolute Gasteiger partial charge is 0.372 e. The van der Waals surface area contributed by atoms with Crippen LogP contribution in [-0.2, 0) is 17.8 Å². The molecule has 2 atom stereocenters. The summed E-state index contributed by atoms with van der Waals surface area (Å²) in [4.78, 5) is 24.6. The van der Waals surface area contributed by atoms with Gasteiger partial charge in [0.2, 0.25) is 0 Å². The molecular formula is C22H25N7O2S. The Morgan fingerprint density at radius 2 is 1.97 bits per heavy atom. The van der Waals surface area contributed by atoms with E-state index in [9.17, 15) is 4.79 Å². The van der Waals surface area contributed by atoms with Crippen molar-refractivity contribution in [2.75, 3.05) is 13.1 Å². The molecule has 3 aromatic heterocycles. The molecule has 0 bridgehead atoms. The molecule has 4 aromatic rings. The van der Waals surface area contributed by atoms with Crippen molar-refractivity contribution in [3.8, 4) is 5.69 Å². The van der Waals surface area contributed by atoms with Gasteiger partial charge in [0.25, 0.3) is 5.91 Å². The monoisotopic (exact) mass is 451 g/mol. The summed E-state index contributed by atoms with van der Waals surface area (Å²) >= 11 is 1.53. The number of aromatic nitrogens is 5. The maximum absolute atomic E-state index is 13.3. The quantitative estimate of drug-likeness (QED) is 0.485. The summed E-state index contributed by atoms with van der Waals surface area (Å²) < 4.78 is 9.51. The number of morpholine rings is 1. The van der Waals surface area contributed by atoms with Crippen molar-refractivity contribution in [1.82, 2.24) is 34.4 Å². The Morgan fingerprint density at radius 1 is 1.19 bits per heavy atom. The molecule has 1 aliphatic heterocycles. The fourth-order valence-electron chi connectivity index (χ4n) is 4.10. The number of hydrogen-bond acceptors (Lipinski definition) is 7. The van der Waals surface area contributed by atoms with Crippen LogP contribution in [0, 0.1) is 0 Å². The summed E-state index contributed by atoms with van der Waals surface area (Å²) in [5.41, 5.74) is 3.51. The molecule has 166 valence electrons. The lowest BCUT2D eigenvalue weighted by molar-refractivity contribution is -0.0587. The molecule has 10 heteroatoms. The minimum Gasteiger partial charge on any atom is -0.372 e. The predicted molar refractivity (Wildman–Crippen MR) is 121 cm³/mol. The number of benzene rings is 1. The zero-order valence-electron chi connectivity index (χ0n) is 18.0. The number of thiazole rings is 1. The van der Waals surface area contributed by atoms with E-state index in [1.54, 1.807) is 11.0 Å². The van der Waals surface area contributed by atoms with Crippen LogP contribution in [0.4, 0.5) is 0 Å². The van der Waals surface area contributed by atoms with E-state index in [0.717, 1.165) is 21.9 Å². The second-order valence-electron chi connectivity index (χ2n) is 8.04. The van der Waals surface area contributed by atoms with E-state index in [4.69, 9.17) is 4.74 Å². The third kappa shape index (κ3) is 4.16. The van der Waals surface area contributed by atoms with Gasteiger partial charge in [0.1, 0.15) is 12.7 Å². The van der Waals surface area contributed by atoms with E-state index in [-0.39, 0.29) is 18.1 Å². The second kappa shape index (κ2) is 8.81. The van der Waals surface area contributed by atoms with Crippen molar-refractivity contribution in [3.63, 3.8) is 0 Å². The number of rotatable bonds is 6. The SMILES string of the molecule is C[C@@H]1CN(C(=O)c2nc3sccn3c2CNCc2ccc(-n3cncn3)cc2)C[C@H](C)O1. The fraction of sp³-hybridized carbons (Fsp3) is 0.364. The minimum absolute atomic E-state index is 0.0218. The van der Waals surface area contributed by atoms with Crippen LogP contribution in [-0.4, -0.2) is 60.3 Å². The van der Waals surface area contributed by atoms with E-state index in [1.807, 2.05) is 46.9 Å². The van der Waals surface area contributed by atoms with Crippen LogP contribution in [0.2, 0.25) is 0 Å². The normalized spacial score (nSPS) is 19.0. The highest BCUT2D eigenvalue weighted by Gasteiger charge is 2.30. The van der Waals surface area contributed by atoms with Gasteiger partial charge in [0.05, 0.1) is 23.6 Å². The van der Waals surface area contributed by atoms with Crippen LogP contribution in [0.15, 0.2) is 48.5 Å². The van der Waals surface area contributed by atoms with Gasteiger partial charge in [-0.1, -0.05) is 12.1 Å². The molecule has 1 saturated heterocycles. The molecule has 0 saturated carbocycles. The van der Waals surface area contributed by atoms with Gasteiger partial charge in [0.15, 0.2) is 10.7 Å². The summed E-state index contributed by atoms with van der Waals surface area (Å²) in [6, 6.07) is 8.14. The summed E-state index contributed by atoms with van der Waals surface area (Å²) in [7, 11) is 0. The molecule has 1 fully saturated rings. The molecule has 1 N–H and O–H groups in total. The second-order valence-corrected chi connectivity index (χ2v) is 8.91. The number of hydrogen-bond donors (Lipinski definition) is 1. The molecular weight excluding hydrogens is 426 g/mol. The van der Waals surface area contributed by atoms with Gasteiger partial charge in [0, 0.05) is 37.8 Å². The van der Waals surface area contributed by atoms with Crippen LogP contribution < -0.4 is 5.32 Å². The number of ether oxygens (including phenoxy) is 1. The molecule has 4 heterocycles. The number of fused-ring (bicyclic) bond motifs is 1. The van der Waals surface area contributed by atoms with Gasteiger partial charge in [-0.25, -0.2) is 14.6 Å². The number of carbonyl (C=O) groups is 1. The Balaban J connectivity index is 1.30. The highest BCUT2D eigenvalue weighted by atomic mass is 32.1. The van der Waals surface area contributed by atoms with Gasteiger partial charge in [-0.15, -0.1) is 11.3 Å². The maximum Gasteiger partial charge on any atom is 0.274 e. The smallest absolute Gasteiger partial charge is 0.274 e. The van der Waals surface area contributed by atoms with Crippen LogP contribution in [0.25, 0.3) is 10.6 Å². The number of carbonyl (C=O) groups excluding carboxylic acids is 1. The first kappa shape index (κ1) is 20.8. The number of nitrogens with one attached hydrogen (secondary N) is 1. The zero-order chi connectivity index (χ0) is 22.1. The minimum atomic E-state index is -0.0307. The molecule has 5 rings (SSSR count). The molecule has 32 heavy (non-hydrogen) atoms. The van der Waals surface area contributed by atoms with Gasteiger partial charge in [-0.2, -0.15) is 5.10 Å². The molecule has 0 unspecified atom stereocenters. The molecule has 9 nitrogen and oxygen atoms in total. The molecule has 1 aliphatic rings. The zero-order valence-corrected chi connectivity index (χ0v) is 18.8. The van der Waals surface area contributed by atoms with Crippen LogP contribution in [0.3, 0.4) is 0 Å². The van der Waals surface area contributed by atoms with Crippen molar-refractivity contribution < 1.29 is 9.53 Å². The Labute approximate surface area is 189 Å². The number of imidazole rings is 1. The lowest BCUT2D eigenvalue weighted by Gasteiger charge is -2.35. The molecule has 0 aliphatic carbocycles. The van der Waals surface area contributed by atoms with Gasteiger partial charge in [-0.3, -0.25) is 9.20 Å². The van der Waals surface area contributed by atoms with E-state index in [1.165, 1.54) is 17.7 Å². The van der Waals surface area contributed by atoms with Crippen molar-refractivity contribution in [2.45, 2.75) is 39.1 Å². The number of amides is 1. The van der Waals surface area contributed by atoms with E-state index in [2.05, 4.69) is 32.5 Å². The Morgan fingerprint density at radius 3 is 2.69 bits per heavy atom. The van der Waals surface area contributed by atoms with E-state index >= 15 is 0 Å². The topological polar surface area (TPSA) is 89.6 Å². The first-order valence-electron chi connectivity index (χ1n) is 10.6. The van der Waals surface area contributed by atoms with Crippen LogP contribution >= 0.6 is 11.3 Å². The third-order valence-corrected chi connectivity index (χ3v) is 6.27. The molecule has 0 spiro atoms. The van der Waals surface area contributed by atoms with Crippen molar-refractivity contribution in [3.05, 3.63) is 65.4 Å². The van der Waals surface area contributed by atoms with Gasteiger partial charge >= 0.3 is 0 Å². The summed E-state index contributed by atoms with van der Waals surface area (Å²) in [6.45, 7) is 6.38. The summed E-state index contributed by atoms with van der Waals surface area (Å²) in [6.07, 6.45) is 5.21. The number of nitrogens with zero attached hydrogens (tertiary/aromatic N) is 6. The Hall–Kier alpha value is -3.08. The first-order chi connectivity index (χ1) is 15.6. The lowest BCUT2D eigenvalue weighted by atomic mass is 10.2. The summed E-state index contributed by atoms with van der Waals surface area (Å²) in [5.74, 6) is -0.0307. The first-order valence-corrected chi connectivity index (χ1v) is 11.5. The fourth-order valence-corrected chi connectivity index (χ4v) is 4.83. The Bertz CT molecular complexity index is 1190. The van der Waals surface area contributed by atoms with E-state index in [0.29, 0.717) is 31.9 Å². The van der Waals surface area contributed by atoms with Crippen molar-refractivity contribution in [1.29, 1.82) is 0 Å². The average Bonchev–Trinajstić information content (AvgIpc) is 3.52. The van der Waals surface area contributed by atoms with Crippen molar-refractivity contribution >= 4 is 22.2 Å². The molecule has 1 amide bonds. The summed E-state index contributed by atoms with van der Waals surface area (Å²) in [5, 5.41) is 9.60. The van der Waals surface area contributed by atoms with Crippen LogP contribution in [0.5, 0.6) is 0 Å². The molecule has 1 aromatic carbocycles. The lowest BCUT2D eigenvalue weighted by Crippen LogP contribution is -2.48. The van der Waals surface area contributed by atoms with E-state index < -0.39 is 0 Å². The highest BCUT2D eigenvalue weighted by molar-refractivity contribution is 7.15. The average molecular weight is 452 g/mol. The van der Waals surface area contributed by atoms with Gasteiger partial charge < -0.3 is 15.0 Å². The predicted octanol–water partition coefficient (Wildman–Crippen LogP) is 2.52. The highest BCUT2D eigenvalue weighted by Crippen LogP contribution is 2.21. The Kier molecular flexibility index (Phi) is 5.73.